The number of hydrogen-bond acceptors (Lipinski definition) is 5. The van der Waals surface area contributed by atoms with Crippen molar-refractivity contribution in [1.29, 1.82) is 0 Å². The van der Waals surface area contributed by atoms with Gasteiger partial charge in [0.05, 0.1) is 12.3 Å². The van der Waals surface area contributed by atoms with E-state index in [1.54, 1.807) is 13.0 Å². The number of pyridine rings is 1. The molecule has 2 unspecified atom stereocenters. The number of amides is 1. The number of carbonyl (C=O) groups excluding carboxylic acids is 2. The summed E-state index contributed by atoms with van der Waals surface area (Å²) in [7, 11) is 0. The molecule has 0 aliphatic heterocycles. The van der Waals surface area contributed by atoms with Crippen LogP contribution in [0, 0.1) is 0 Å². The average Bonchev–Trinajstić information content (AvgIpc) is 2.73. The molecule has 0 aliphatic rings. The van der Waals surface area contributed by atoms with Crippen LogP contribution in [0.2, 0.25) is 0 Å². The molecule has 1 amide bonds. The molecule has 6 nitrogen and oxygen atoms in total. The minimum atomic E-state index is -1.25. The second-order valence-corrected chi connectivity index (χ2v) is 7.86. The third kappa shape index (κ3) is 10.7. The molecule has 1 aromatic rings. The zero-order chi connectivity index (χ0) is 22.2. The van der Waals surface area contributed by atoms with E-state index < -0.39 is 24.0 Å². The number of hydrogen-bond donors (Lipinski definition) is 2. The van der Waals surface area contributed by atoms with Gasteiger partial charge in [-0.1, -0.05) is 70.8 Å². The third-order valence-electron chi connectivity index (χ3n) is 5.13. The van der Waals surface area contributed by atoms with E-state index in [1.165, 1.54) is 64.7 Å². The molecule has 0 saturated carbocycles. The molecule has 170 valence electrons. The molecule has 2 N–H and O–H groups in total. The quantitative estimate of drug-likeness (QED) is 0.300. The van der Waals surface area contributed by atoms with E-state index >= 15 is 0 Å². The molecule has 0 saturated heterocycles. The Morgan fingerprint density at radius 3 is 2.17 bits per heavy atom. The smallest absolute Gasteiger partial charge is 0.331 e. The lowest BCUT2D eigenvalue weighted by molar-refractivity contribution is -0.150. The van der Waals surface area contributed by atoms with Gasteiger partial charge >= 0.3 is 5.97 Å². The van der Waals surface area contributed by atoms with Gasteiger partial charge < -0.3 is 15.2 Å². The van der Waals surface area contributed by atoms with Crippen molar-refractivity contribution >= 4 is 11.9 Å². The van der Waals surface area contributed by atoms with Gasteiger partial charge in [0.2, 0.25) is 5.91 Å². The van der Waals surface area contributed by atoms with Crippen LogP contribution in [0.5, 0.6) is 0 Å². The van der Waals surface area contributed by atoms with Crippen LogP contribution >= 0.6 is 0 Å². The predicted octanol–water partition coefficient (Wildman–Crippen LogP) is 4.65. The molecule has 0 aromatic carbocycles. The van der Waals surface area contributed by atoms with Crippen molar-refractivity contribution in [3.8, 4) is 0 Å². The van der Waals surface area contributed by atoms with E-state index in [9.17, 15) is 14.7 Å². The van der Waals surface area contributed by atoms with Gasteiger partial charge in [-0.05, 0) is 31.9 Å². The summed E-state index contributed by atoms with van der Waals surface area (Å²) >= 11 is 0. The molecule has 1 aromatic heterocycles. The highest BCUT2D eigenvalue weighted by atomic mass is 16.5. The number of rotatable bonds is 16. The standard InChI is InChI=1S/C24H40N2O4/c1-4-6-7-8-9-10-11-12-13-14-16-20-17-15-18-21(26-20)23(28)22(25-19(3)27)24(29)30-5-2/h15,17-18,22-23,28H,4-14,16H2,1-3H3,(H,25,27). The lowest BCUT2D eigenvalue weighted by Crippen LogP contribution is -2.45. The fourth-order valence-electron chi connectivity index (χ4n) is 3.48. The van der Waals surface area contributed by atoms with Crippen LogP contribution in [0.25, 0.3) is 0 Å². The fourth-order valence-corrected chi connectivity index (χ4v) is 3.48. The molecule has 2 atom stereocenters. The minimum absolute atomic E-state index is 0.174. The van der Waals surface area contributed by atoms with Gasteiger partial charge in [0.25, 0.3) is 0 Å². The predicted molar refractivity (Wildman–Crippen MR) is 119 cm³/mol. The molecule has 0 bridgehead atoms. The first kappa shape index (κ1) is 26.1. The molecular weight excluding hydrogens is 380 g/mol. The van der Waals surface area contributed by atoms with Crippen molar-refractivity contribution in [1.82, 2.24) is 10.3 Å². The van der Waals surface area contributed by atoms with Crippen LogP contribution in [0.4, 0.5) is 0 Å². The number of aliphatic hydroxyl groups is 1. The Labute approximate surface area is 181 Å². The highest BCUT2D eigenvalue weighted by molar-refractivity contribution is 5.83. The lowest BCUT2D eigenvalue weighted by atomic mass is 10.0. The summed E-state index contributed by atoms with van der Waals surface area (Å²) in [4.78, 5) is 28.1. The van der Waals surface area contributed by atoms with Gasteiger partial charge in [0, 0.05) is 12.6 Å². The topological polar surface area (TPSA) is 88.5 Å². The normalized spacial score (nSPS) is 12.9. The van der Waals surface area contributed by atoms with Crippen molar-refractivity contribution in [2.45, 2.75) is 104 Å². The minimum Gasteiger partial charge on any atom is -0.464 e. The average molecular weight is 421 g/mol. The molecular formula is C24H40N2O4. The Bertz CT molecular complexity index is 621. The van der Waals surface area contributed by atoms with E-state index in [4.69, 9.17) is 4.74 Å². The maximum absolute atomic E-state index is 12.1. The van der Waals surface area contributed by atoms with Crippen molar-refractivity contribution in [3.63, 3.8) is 0 Å². The molecule has 1 rings (SSSR count). The Morgan fingerprint density at radius 2 is 1.60 bits per heavy atom. The zero-order valence-corrected chi connectivity index (χ0v) is 19.0. The molecule has 0 fully saturated rings. The number of ether oxygens (including phenoxy) is 1. The van der Waals surface area contributed by atoms with Crippen molar-refractivity contribution < 1.29 is 19.4 Å². The zero-order valence-electron chi connectivity index (χ0n) is 19.0. The van der Waals surface area contributed by atoms with Crippen LogP contribution in [-0.4, -0.2) is 34.6 Å². The Hall–Kier alpha value is -1.95. The number of nitrogens with zero attached hydrogens (tertiary/aromatic N) is 1. The number of aromatic nitrogens is 1. The van der Waals surface area contributed by atoms with Gasteiger partial charge in [0.1, 0.15) is 6.10 Å². The SMILES string of the molecule is CCCCCCCCCCCCc1cccc(C(O)C(NC(C)=O)C(=O)OCC)n1. The summed E-state index contributed by atoms with van der Waals surface area (Å²) in [5.41, 5.74) is 1.25. The highest BCUT2D eigenvalue weighted by Gasteiger charge is 2.31. The van der Waals surface area contributed by atoms with Gasteiger partial charge in [0.15, 0.2) is 6.04 Å². The number of carbonyl (C=O) groups is 2. The van der Waals surface area contributed by atoms with Crippen LogP contribution in [-0.2, 0) is 20.7 Å². The monoisotopic (exact) mass is 420 g/mol. The maximum atomic E-state index is 12.1. The Morgan fingerprint density at radius 1 is 1.00 bits per heavy atom. The van der Waals surface area contributed by atoms with Gasteiger partial charge in [-0.25, -0.2) is 4.79 Å². The second-order valence-electron chi connectivity index (χ2n) is 7.86. The first-order chi connectivity index (χ1) is 14.5. The lowest BCUT2D eigenvalue weighted by Gasteiger charge is -2.21. The summed E-state index contributed by atoms with van der Waals surface area (Å²) < 4.78 is 4.98. The molecule has 30 heavy (non-hydrogen) atoms. The number of aryl methyl sites for hydroxylation is 1. The van der Waals surface area contributed by atoms with E-state index in [2.05, 4.69) is 17.2 Å². The Balaban J connectivity index is 2.45. The molecule has 6 heteroatoms. The summed E-state index contributed by atoms with van der Waals surface area (Å²) in [5.74, 6) is -1.07. The van der Waals surface area contributed by atoms with Crippen molar-refractivity contribution in [3.05, 3.63) is 29.6 Å². The van der Waals surface area contributed by atoms with Gasteiger partial charge in [-0.2, -0.15) is 0 Å². The molecule has 0 aliphatic carbocycles. The van der Waals surface area contributed by atoms with Crippen LogP contribution in [0.3, 0.4) is 0 Å². The van der Waals surface area contributed by atoms with E-state index in [1.807, 2.05) is 12.1 Å². The van der Waals surface area contributed by atoms with E-state index in [-0.39, 0.29) is 6.61 Å². The summed E-state index contributed by atoms with van der Waals surface area (Å²) in [6.07, 6.45) is 12.4. The largest absolute Gasteiger partial charge is 0.464 e. The van der Waals surface area contributed by atoms with Crippen LogP contribution in [0.15, 0.2) is 18.2 Å². The van der Waals surface area contributed by atoms with E-state index in [0.717, 1.165) is 18.5 Å². The van der Waals surface area contributed by atoms with Gasteiger partial charge in [-0.3, -0.25) is 9.78 Å². The van der Waals surface area contributed by atoms with Crippen LogP contribution in [0.1, 0.15) is 102 Å². The van der Waals surface area contributed by atoms with Crippen molar-refractivity contribution in [2.75, 3.05) is 6.61 Å². The van der Waals surface area contributed by atoms with Gasteiger partial charge in [-0.15, -0.1) is 0 Å². The maximum Gasteiger partial charge on any atom is 0.331 e. The first-order valence-electron chi connectivity index (χ1n) is 11.6. The molecule has 0 radical (unpaired) electrons. The summed E-state index contributed by atoms with van der Waals surface area (Å²) in [5, 5.41) is 13.1. The first-order valence-corrected chi connectivity index (χ1v) is 11.6. The third-order valence-corrected chi connectivity index (χ3v) is 5.13. The number of unbranched alkanes of at least 4 members (excludes halogenated alkanes) is 9. The van der Waals surface area contributed by atoms with E-state index in [0.29, 0.717) is 5.69 Å². The van der Waals surface area contributed by atoms with Crippen LogP contribution < -0.4 is 5.32 Å². The fraction of sp³-hybridized carbons (Fsp3) is 0.708. The second kappa shape index (κ2) is 15.8. The Kier molecular flexibility index (Phi) is 13.8. The van der Waals surface area contributed by atoms with Crippen molar-refractivity contribution in [2.24, 2.45) is 0 Å². The number of aliphatic hydroxyl groups excluding tert-OH is 1. The molecule has 1 heterocycles. The molecule has 0 spiro atoms. The number of nitrogens with one attached hydrogen (secondary N) is 1. The highest BCUT2D eigenvalue weighted by Crippen LogP contribution is 2.18. The summed E-state index contributed by atoms with van der Waals surface area (Å²) in [6.45, 7) is 5.40. The number of esters is 1. The summed E-state index contributed by atoms with van der Waals surface area (Å²) in [6, 6.07) is 4.26.